The standard InChI is InChI=1S/C24H30N2O3/c1-18(2)19-4-3-5-20(14-19)21-6-7-22-16-29-17-24(27)26(23(22)15-21)9-8-25-10-12-28-13-11-25/h3-7,14-15,18H,8-13,16-17H2,1-2H3. The Morgan fingerprint density at radius 3 is 2.52 bits per heavy atom. The van der Waals surface area contributed by atoms with Crippen LogP contribution in [0.2, 0.25) is 0 Å². The van der Waals surface area contributed by atoms with Crippen molar-refractivity contribution in [3.8, 4) is 11.1 Å². The van der Waals surface area contributed by atoms with Crippen LogP contribution in [-0.2, 0) is 20.9 Å². The van der Waals surface area contributed by atoms with E-state index in [1.54, 1.807) is 0 Å². The molecular formula is C24H30N2O3. The summed E-state index contributed by atoms with van der Waals surface area (Å²) in [7, 11) is 0. The van der Waals surface area contributed by atoms with Gasteiger partial charge in [0, 0.05) is 37.4 Å². The van der Waals surface area contributed by atoms with Crippen molar-refractivity contribution in [3.05, 3.63) is 53.6 Å². The molecule has 0 aromatic heterocycles. The van der Waals surface area contributed by atoms with Crippen LogP contribution in [0.1, 0.15) is 30.9 Å². The number of hydrogen-bond acceptors (Lipinski definition) is 4. The maximum absolute atomic E-state index is 12.8. The highest BCUT2D eigenvalue weighted by atomic mass is 16.5. The Hall–Kier alpha value is -2.21. The minimum absolute atomic E-state index is 0.0325. The summed E-state index contributed by atoms with van der Waals surface area (Å²) >= 11 is 0. The van der Waals surface area contributed by atoms with Gasteiger partial charge in [-0.15, -0.1) is 0 Å². The summed E-state index contributed by atoms with van der Waals surface area (Å²) in [4.78, 5) is 17.1. The van der Waals surface area contributed by atoms with Crippen LogP contribution in [0, 0.1) is 0 Å². The van der Waals surface area contributed by atoms with Crippen molar-refractivity contribution in [2.45, 2.75) is 26.4 Å². The Morgan fingerprint density at radius 2 is 1.72 bits per heavy atom. The first kappa shape index (κ1) is 20.1. The molecule has 5 nitrogen and oxygen atoms in total. The molecule has 0 radical (unpaired) electrons. The second kappa shape index (κ2) is 9.08. The van der Waals surface area contributed by atoms with Gasteiger partial charge in [0.2, 0.25) is 0 Å². The lowest BCUT2D eigenvalue weighted by atomic mass is 9.96. The van der Waals surface area contributed by atoms with Gasteiger partial charge in [0.05, 0.1) is 19.8 Å². The van der Waals surface area contributed by atoms with Gasteiger partial charge >= 0.3 is 0 Å². The molecule has 29 heavy (non-hydrogen) atoms. The molecule has 2 aliphatic rings. The van der Waals surface area contributed by atoms with Crippen LogP contribution in [0.5, 0.6) is 0 Å². The van der Waals surface area contributed by atoms with Crippen molar-refractivity contribution in [2.24, 2.45) is 0 Å². The van der Waals surface area contributed by atoms with Crippen molar-refractivity contribution in [3.63, 3.8) is 0 Å². The van der Waals surface area contributed by atoms with Crippen LogP contribution in [0.3, 0.4) is 0 Å². The van der Waals surface area contributed by atoms with Gasteiger partial charge in [-0.25, -0.2) is 0 Å². The number of rotatable bonds is 5. The fraction of sp³-hybridized carbons (Fsp3) is 0.458. The van der Waals surface area contributed by atoms with Crippen LogP contribution in [-0.4, -0.2) is 56.8 Å². The first-order valence-electron chi connectivity index (χ1n) is 10.5. The van der Waals surface area contributed by atoms with E-state index in [-0.39, 0.29) is 12.5 Å². The summed E-state index contributed by atoms with van der Waals surface area (Å²) in [5, 5.41) is 0. The number of fused-ring (bicyclic) bond motifs is 1. The Bertz CT molecular complexity index is 859. The van der Waals surface area contributed by atoms with E-state index in [9.17, 15) is 4.79 Å². The Kier molecular flexibility index (Phi) is 6.28. The number of anilines is 1. The summed E-state index contributed by atoms with van der Waals surface area (Å²) in [5.74, 6) is 0.515. The van der Waals surface area contributed by atoms with E-state index in [2.05, 4.69) is 61.2 Å². The first-order valence-corrected chi connectivity index (χ1v) is 10.5. The van der Waals surface area contributed by atoms with Crippen LogP contribution >= 0.6 is 0 Å². The van der Waals surface area contributed by atoms with Crippen molar-refractivity contribution in [2.75, 3.05) is 50.9 Å². The third kappa shape index (κ3) is 4.69. The summed E-state index contributed by atoms with van der Waals surface area (Å²) in [6.45, 7) is 9.93. The molecule has 0 bridgehead atoms. The second-order valence-corrected chi connectivity index (χ2v) is 8.12. The topological polar surface area (TPSA) is 42.0 Å². The average molecular weight is 395 g/mol. The highest BCUT2D eigenvalue weighted by molar-refractivity contribution is 5.96. The van der Waals surface area contributed by atoms with Crippen LogP contribution in [0.15, 0.2) is 42.5 Å². The number of ether oxygens (including phenoxy) is 2. The number of amides is 1. The lowest BCUT2D eigenvalue weighted by Gasteiger charge is -2.30. The van der Waals surface area contributed by atoms with Gasteiger partial charge in [-0.3, -0.25) is 9.69 Å². The quantitative estimate of drug-likeness (QED) is 0.776. The molecule has 1 saturated heterocycles. The number of carbonyl (C=O) groups excluding carboxylic acids is 1. The van der Waals surface area contributed by atoms with Gasteiger partial charge in [0.15, 0.2) is 0 Å². The summed E-state index contributed by atoms with van der Waals surface area (Å²) < 4.78 is 11.1. The lowest BCUT2D eigenvalue weighted by molar-refractivity contribution is -0.123. The number of nitrogens with zero attached hydrogens (tertiary/aromatic N) is 2. The van der Waals surface area contributed by atoms with Gasteiger partial charge < -0.3 is 14.4 Å². The molecule has 4 rings (SSSR count). The number of morpholine rings is 1. The number of hydrogen-bond donors (Lipinski definition) is 0. The molecule has 0 atom stereocenters. The number of benzene rings is 2. The molecule has 0 N–H and O–H groups in total. The minimum atomic E-state index is 0.0325. The van der Waals surface area contributed by atoms with Gasteiger partial charge in [-0.2, -0.15) is 0 Å². The summed E-state index contributed by atoms with van der Waals surface area (Å²) in [6.07, 6.45) is 0. The molecule has 1 fully saturated rings. The Balaban J connectivity index is 1.62. The van der Waals surface area contributed by atoms with Crippen molar-refractivity contribution >= 4 is 11.6 Å². The zero-order chi connectivity index (χ0) is 20.2. The van der Waals surface area contributed by atoms with E-state index >= 15 is 0 Å². The molecule has 0 saturated carbocycles. The SMILES string of the molecule is CC(C)c1cccc(-c2ccc3c(c2)N(CCN2CCOCC2)C(=O)COC3)c1. The Morgan fingerprint density at radius 1 is 0.931 bits per heavy atom. The van der Waals surface area contributed by atoms with E-state index in [0.29, 0.717) is 19.1 Å². The summed E-state index contributed by atoms with van der Waals surface area (Å²) in [6, 6.07) is 15.1. The highest BCUT2D eigenvalue weighted by Crippen LogP contribution is 2.32. The highest BCUT2D eigenvalue weighted by Gasteiger charge is 2.24. The molecule has 0 spiro atoms. The fourth-order valence-electron chi connectivity index (χ4n) is 3.97. The molecule has 1 amide bonds. The van der Waals surface area contributed by atoms with Crippen molar-refractivity contribution in [1.82, 2.24) is 4.90 Å². The predicted molar refractivity (Wildman–Crippen MR) is 115 cm³/mol. The minimum Gasteiger partial charge on any atom is -0.379 e. The predicted octanol–water partition coefficient (Wildman–Crippen LogP) is 3.67. The molecule has 0 unspecified atom stereocenters. The molecule has 2 heterocycles. The van der Waals surface area contributed by atoms with Gasteiger partial charge in [-0.1, -0.05) is 50.2 Å². The molecule has 154 valence electrons. The lowest BCUT2D eigenvalue weighted by Crippen LogP contribution is -2.43. The Labute approximate surface area is 173 Å². The van der Waals surface area contributed by atoms with E-state index < -0.39 is 0 Å². The van der Waals surface area contributed by atoms with Gasteiger partial charge in [0.25, 0.3) is 5.91 Å². The fourth-order valence-corrected chi connectivity index (χ4v) is 3.97. The van der Waals surface area contributed by atoms with E-state index in [4.69, 9.17) is 9.47 Å². The summed E-state index contributed by atoms with van der Waals surface area (Å²) in [5.41, 5.74) is 5.69. The first-order chi connectivity index (χ1) is 14.1. The normalized spacial score (nSPS) is 18.0. The van der Waals surface area contributed by atoms with E-state index in [1.165, 1.54) is 11.1 Å². The molecule has 0 aliphatic carbocycles. The van der Waals surface area contributed by atoms with Crippen LogP contribution in [0.25, 0.3) is 11.1 Å². The zero-order valence-electron chi connectivity index (χ0n) is 17.4. The average Bonchev–Trinajstić information content (AvgIpc) is 2.90. The monoisotopic (exact) mass is 394 g/mol. The third-order valence-corrected chi connectivity index (χ3v) is 5.79. The van der Waals surface area contributed by atoms with Crippen LogP contribution in [0.4, 0.5) is 5.69 Å². The third-order valence-electron chi connectivity index (χ3n) is 5.79. The largest absolute Gasteiger partial charge is 0.379 e. The van der Waals surface area contributed by atoms with Gasteiger partial charge in [0.1, 0.15) is 6.61 Å². The van der Waals surface area contributed by atoms with Crippen molar-refractivity contribution < 1.29 is 14.3 Å². The molecule has 2 aliphatic heterocycles. The van der Waals surface area contributed by atoms with E-state index in [0.717, 1.165) is 49.7 Å². The van der Waals surface area contributed by atoms with Crippen molar-refractivity contribution in [1.29, 1.82) is 0 Å². The second-order valence-electron chi connectivity index (χ2n) is 8.12. The molecule has 2 aromatic rings. The molecule has 5 heteroatoms. The van der Waals surface area contributed by atoms with E-state index in [1.807, 2.05) is 4.90 Å². The number of carbonyl (C=O) groups is 1. The molecular weight excluding hydrogens is 364 g/mol. The molecule has 2 aromatic carbocycles. The van der Waals surface area contributed by atoms with Gasteiger partial charge in [-0.05, 0) is 28.7 Å². The zero-order valence-corrected chi connectivity index (χ0v) is 17.4. The smallest absolute Gasteiger partial charge is 0.253 e. The maximum Gasteiger partial charge on any atom is 0.253 e. The van der Waals surface area contributed by atoms with Crippen LogP contribution < -0.4 is 4.90 Å². The maximum atomic E-state index is 12.8.